The molecule has 0 saturated heterocycles. The fourth-order valence-corrected chi connectivity index (χ4v) is 5.59. The van der Waals surface area contributed by atoms with Crippen molar-refractivity contribution in [2.45, 2.75) is 39.5 Å². The summed E-state index contributed by atoms with van der Waals surface area (Å²) in [6.45, 7) is 6.18. The lowest BCUT2D eigenvalue weighted by Crippen LogP contribution is -2.41. The first-order valence-electron chi connectivity index (χ1n) is 17.9. The summed E-state index contributed by atoms with van der Waals surface area (Å²) < 4.78 is 40.3. The molecule has 0 aliphatic carbocycles. The first-order valence-corrected chi connectivity index (χ1v) is 17.9. The van der Waals surface area contributed by atoms with E-state index in [9.17, 15) is 18.4 Å². The van der Waals surface area contributed by atoms with E-state index in [1.54, 1.807) is 48.5 Å². The molecule has 0 unspecified atom stereocenters. The van der Waals surface area contributed by atoms with E-state index in [1.165, 1.54) is 22.3 Å². The molecule has 282 valence electrons. The van der Waals surface area contributed by atoms with E-state index in [0.717, 1.165) is 24.0 Å². The van der Waals surface area contributed by atoms with Gasteiger partial charge in [-0.2, -0.15) is 10.1 Å². The van der Waals surface area contributed by atoms with Gasteiger partial charge in [-0.15, -0.1) is 0 Å². The zero-order chi connectivity index (χ0) is 37.9. The lowest BCUT2D eigenvalue weighted by molar-refractivity contribution is -0.198. The predicted octanol–water partition coefficient (Wildman–Crippen LogP) is 6.51. The number of hydrogen-bond acceptors (Lipinski definition) is 12. The van der Waals surface area contributed by atoms with Crippen LogP contribution in [0, 0.1) is 11.6 Å². The van der Waals surface area contributed by atoms with Crippen LogP contribution >= 0.6 is 0 Å². The Bertz CT molecular complexity index is 1850. The molecule has 0 aromatic heterocycles. The number of hydroxylamine groups is 4. The third-order valence-corrected chi connectivity index (χ3v) is 8.36. The summed E-state index contributed by atoms with van der Waals surface area (Å²) >= 11 is 0. The highest BCUT2D eigenvalue weighted by molar-refractivity contribution is 6.30. The van der Waals surface area contributed by atoms with Gasteiger partial charge in [-0.25, -0.2) is 28.4 Å². The summed E-state index contributed by atoms with van der Waals surface area (Å²) in [6.07, 6.45) is 2.47. The minimum Gasteiger partial charge on any atom is -0.494 e. The van der Waals surface area contributed by atoms with E-state index in [4.69, 9.17) is 19.1 Å². The number of halogens is 2. The molecule has 0 atom stereocenters. The highest BCUT2D eigenvalue weighted by Crippen LogP contribution is 2.23. The smallest absolute Gasteiger partial charge is 0.444 e. The summed E-state index contributed by atoms with van der Waals surface area (Å²) in [7, 11) is 0. The van der Waals surface area contributed by atoms with Crippen LogP contribution in [0.3, 0.4) is 0 Å². The number of carbonyl (C=O) groups excluding carboxylic acids is 2. The molecule has 2 aliphatic rings. The Morgan fingerprint density at radius 2 is 1.04 bits per heavy atom. The van der Waals surface area contributed by atoms with Gasteiger partial charge >= 0.3 is 11.9 Å². The maximum absolute atomic E-state index is 14.6. The van der Waals surface area contributed by atoms with Crippen LogP contribution in [0.5, 0.6) is 11.5 Å². The Labute approximate surface area is 312 Å². The van der Waals surface area contributed by atoms with Crippen LogP contribution in [-0.2, 0) is 32.1 Å². The number of ether oxygens (including phenoxy) is 2. The maximum atomic E-state index is 14.6. The number of anilines is 2. The molecule has 0 radical (unpaired) electrons. The number of aliphatic imine (C=N–C) groups is 2. The molecular weight excluding hydrogens is 698 g/mol. The number of benzene rings is 4. The summed E-state index contributed by atoms with van der Waals surface area (Å²) in [5, 5.41) is 8.57. The first kappa shape index (κ1) is 37.6. The summed E-state index contributed by atoms with van der Waals surface area (Å²) in [6, 6.07) is 24.4. The SMILES string of the molecule is CCCOc1ccc(Cc2ccc(NC3=NCCN3OC(=O)C(=O)ON3CCN=C3Nc3ccc(Cc4ccc(OCCC)cc4F)cc3)cc2)c(F)c1. The molecule has 12 nitrogen and oxygen atoms in total. The minimum absolute atomic E-state index is 0.232. The lowest BCUT2D eigenvalue weighted by Gasteiger charge is -2.21. The van der Waals surface area contributed by atoms with Gasteiger partial charge in [-0.1, -0.05) is 50.2 Å². The monoisotopic (exact) mass is 740 g/mol. The summed E-state index contributed by atoms with van der Waals surface area (Å²) in [4.78, 5) is 44.9. The highest BCUT2D eigenvalue weighted by Gasteiger charge is 2.31. The molecule has 0 saturated carbocycles. The number of rotatable bonds is 14. The van der Waals surface area contributed by atoms with Gasteiger partial charge in [-0.05, 0) is 71.5 Å². The zero-order valence-electron chi connectivity index (χ0n) is 30.1. The quantitative estimate of drug-likeness (QED) is 0.138. The molecule has 14 heteroatoms. The van der Waals surface area contributed by atoms with Crippen molar-refractivity contribution in [1.29, 1.82) is 0 Å². The van der Waals surface area contributed by atoms with E-state index < -0.39 is 11.9 Å². The fourth-order valence-electron chi connectivity index (χ4n) is 5.59. The number of carbonyl (C=O) groups is 2. The van der Waals surface area contributed by atoms with E-state index in [2.05, 4.69) is 20.6 Å². The molecule has 0 bridgehead atoms. The Morgan fingerprint density at radius 1 is 0.630 bits per heavy atom. The first-order chi connectivity index (χ1) is 26.3. The van der Waals surface area contributed by atoms with Gasteiger partial charge in [0, 0.05) is 36.3 Å². The van der Waals surface area contributed by atoms with Gasteiger partial charge < -0.3 is 29.8 Å². The molecule has 0 amide bonds. The zero-order valence-corrected chi connectivity index (χ0v) is 30.1. The van der Waals surface area contributed by atoms with Gasteiger partial charge in [0.05, 0.1) is 39.4 Å². The number of nitrogens with zero attached hydrogens (tertiary/aromatic N) is 4. The Kier molecular flexibility index (Phi) is 12.6. The minimum atomic E-state index is -1.23. The number of guanidine groups is 2. The summed E-state index contributed by atoms with van der Waals surface area (Å²) in [5.41, 5.74) is 4.19. The molecule has 0 spiro atoms. The average molecular weight is 741 g/mol. The van der Waals surface area contributed by atoms with Gasteiger partial charge in [0.1, 0.15) is 23.1 Å². The van der Waals surface area contributed by atoms with Crippen LogP contribution in [0.1, 0.15) is 48.9 Å². The van der Waals surface area contributed by atoms with Crippen LogP contribution in [0.2, 0.25) is 0 Å². The second kappa shape index (κ2) is 18.0. The second-order valence-electron chi connectivity index (χ2n) is 12.6. The van der Waals surface area contributed by atoms with E-state index in [-0.39, 0.29) is 36.6 Å². The van der Waals surface area contributed by atoms with Crippen molar-refractivity contribution in [2.24, 2.45) is 9.98 Å². The van der Waals surface area contributed by atoms with Crippen molar-refractivity contribution < 1.29 is 37.5 Å². The van der Waals surface area contributed by atoms with E-state index in [0.29, 0.717) is 73.1 Å². The van der Waals surface area contributed by atoms with E-state index in [1.807, 2.05) is 38.1 Å². The normalized spacial score (nSPS) is 13.6. The molecule has 2 heterocycles. The van der Waals surface area contributed by atoms with Crippen molar-refractivity contribution in [3.63, 3.8) is 0 Å². The lowest BCUT2D eigenvalue weighted by atomic mass is 10.0. The average Bonchev–Trinajstić information content (AvgIpc) is 3.81. The molecule has 0 fully saturated rings. The molecule has 6 rings (SSSR count). The Morgan fingerprint density at radius 3 is 1.41 bits per heavy atom. The van der Waals surface area contributed by atoms with Crippen LogP contribution in [0.4, 0.5) is 20.2 Å². The van der Waals surface area contributed by atoms with Crippen LogP contribution in [0.25, 0.3) is 0 Å². The maximum Gasteiger partial charge on any atom is 0.444 e. The third-order valence-electron chi connectivity index (χ3n) is 8.36. The van der Waals surface area contributed by atoms with Crippen molar-refractivity contribution in [1.82, 2.24) is 10.1 Å². The van der Waals surface area contributed by atoms with Crippen LogP contribution in [-0.4, -0.2) is 73.4 Å². The van der Waals surface area contributed by atoms with Crippen molar-refractivity contribution in [3.05, 3.63) is 119 Å². The largest absolute Gasteiger partial charge is 0.494 e. The van der Waals surface area contributed by atoms with Gasteiger partial charge in [0.15, 0.2) is 0 Å². The Balaban J connectivity index is 0.963. The van der Waals surface area contributed by atoms with Crippen molar-refractivity contribution in [3.8, 4) is 11.5 Å². The number of nitrogens with one attached hydrogen (secondary N) is 2. The third kappa shape index (κ3) is 10.0. The highest BCUT2D eigenvalue weighted by atomic mass is 19.1. The van der Waals surface area contributed by atoms with Crippen molar-refractivity contribution >= 4 is 35.2 Å². The predicted molar refractivity (Wildman–Crippen MR) is 200 cm³/mol. The summed E-state index contributed by atoms with van der Waals surface area (Å²) in [5.74, 6) is -1.63. The van der Waals surface area contributed by atoms with Gasteiger partial charge in [-0.3, -0.25) is 0 Å². The number of hydrogen-bond donors (Lipinski definition) is 2. The Hall–Kier alpha value is -6.18. The molecule has 54 heavy (non-hydrogen) atoms. The molecule has 2 aliphatic heterocycles. The van der Waals surface area contributed by atoms with Crippen LogP contribution < -0.4 is 20.1 Å². The van der Waals surface area contributed by atoms with Crippen molar-refractivity contribution in [2.75, 3.05) is 50.0 Å². The molecule has 2 N–H and O–H groups in total. The fraction of sp³-hybridized carbons (Fsp3) is 0.300. The second-order valence-corrected chi connectivity index (χ2v) is 12.6. The van der Waals surface area contributed by atoms with Gasteiger partial charge in [0.25, 0.3) is 0 Å². The molecular formula is C40H42F2N6O6. The topological polar surface area (TPSA) is 126 Å². The van der Waals surface area contributed by atoms with Gasteiger partial charge in [0.2, 0.25) is 11.9 Å². The molecule has 4 aromatic rings. The standard InChI is InChI=1S/C40H42F2N6O6/c1-3-21-51-33-15-9-29(35(41)25-33)23-27-5-11-31(12-6-27)45-39-43-17-19-47(39)53-37(49)38(50)54-48-20-18-44-40(48)46-32-13-7-28(8-14-32)24-30-10-16-34(26-36(30)42)52-22-4-2/h5-16,25-26H,3-4,17-24H2,1-2H3,(H,43,45)(H,44,46). The molecule has 4 aromatic carbocycles. The van der Waals surface area contributed by atoms with E-state index >= 15 is 0 Å². The van der Waals surface area contributed by atoms with Crippen LogP contribution in [0.15, 0.2) is 94.9 Å².